The lowest BCUT2D eigenvalue weighted by Crippen LogP contribution is -2.17. The van der Waals surface area contributed by atoms with Crippen LogP contribution >= 0.6 is 0 Å². The molecule has 1 N–H and O–H groups in total. The molecule has 0 radical (unpaired) electrons. The normalized spacial score (nSPS) is 18.7. The predicted molar refractivity (Wildman–Crippen MR) is 53.8 cm³/mol. The highest BCUT2D eigenvalue weighted by Crippen LogP contribution is 2.37. The van der Waals surface area contributed by atoms with E-state index in [0.717, 1.165) is 24.5 Å². The Morgan fingerprint density at radius 3 is 2.43 bits per heavy atom. The Morgan fingerprint density at radius 2 is 1.86 bits per heavy atom. The van der Waals surface area contributed by atoms with Gasteiger partial charge in [0.1, 0.15) is 11.6 Å². The second-order valence-corrected chi connectivity index (χ2v) is 4.14. The molecule has 1 nitrogen and oxygen atoms in total. The van der Waals surface area contributed by atoms with E-state index in [1.807, 2.05) is 0 Å². The van der Waals surface area contributed by atoms with Crippen LogP contribution in [0.2, 0.25) is 0 Å². The van der Waals surface area contributed by atoms with E-state index in [1.165, 1.54) is 6.07 Å². The van der Waals surface area contributed by atoms with E-state index < -0.39 is 0 Å². The Balaban J connectivity index is 2.41. The van der Waals surface area contributed by atoms with Crippen molar-refractivity contribution in [1.29, 1.82) is 0 Å². The highest BCUT2D eigenvalue weighted by Gasteiger charge is 2.28. The number of phenols is 1. The molecule has 1 aliphatic rings. The molecule has 74 valence electrons. The molecule has 1 aromatic rings. The fourth-order valence-corrected chi connectivity index (χ4v) is 1.93. The Bertz CT molecular complexity index is 354. The minimum absolute atomic E-state index is 0.00752. The molecule has 2 heteroatoms. The van der Waals surface area contributed by atoms with Crippen LogP contribution in [0.5, 0.6) is 5.75 Å². The van der Waals surface area contributed by atoms with E-state index in [9.17, 15) is 9.50 Å². The van der Waals surface area contributed by atoms with Gasteiger partial charge in [-0.15, -0.1) is 0 Å². The fraction of sp³-hybridized carbons (Fsp3) is 0.333. The zero-order valence-corrected chi connectivity index (χ0v) is 8.13. The van der Waals surface area contributed by atoms with Crippen molar-refractivity contribution in [3.05, 3.63) is 41.7 Å². The van der Waals surface area contributed by atoms with Gasteiger partial charge in [-0.25, -0.2) is 4.39 Å². The van der Waals surface area contributed by atoms with Crippen molar-refractivity contribution in [2.45, 2.75) is 25.2 Å². The number of aromatic hydroxyl groups is 1. The molecule has 0 bridgehead atoms. The van der Waals surface area contributed by atoms with E-state index in [-0.39, 0.29) is 17.0 Å². The minimum atomic E-state index is -0.367. The molecule has 0 saturated heterocycles. The number of benzene rings is 1. The van der Waals surface area contributed by atoms with Crippen molar-refractivity contribution in [1.82, 2.24) is 0 Å². The maximum atomic E-state index is 13.1. The topological polar surface area (TPSA) is 20.2 Å². The molecule has 14 heavy (non-hydrogen) atoms. The van der Waals surface area contributed by atoms with Gasteiger partial charge in [-0.1, -0.05) is 19.1 Å². The zero-order valence-electron chi connectivity index (χ0n) is 8.13. The monoisotopic (exact) mass is 192 g/mol. The summed E-state index contributed by atoms with van der Waals surface area (Å²) in [6.45, 7) is 2.08. The predicted octanol–water partition coefficient (Wildman–Crippen LogP) is 3.14. The third kappa shape index (κ3) is 1.52. The Kier molecular flexibility index (Phi) is 2.06. The van der Waals surface area contributed by atoms with E-state index >= 15 is 0 Å². The van der Waals surface area contributed by atoms with Gasteiger partial charge < -0.3 is 5.11 Å². The Morgan fingerprint density at radius 1 is 1.21 bits per heavy atom. The number of rotatable bonds is 1. The zero-order chi connectivity index (χ0) is 10.2. The van der Waals surface area contributed by atoms with Gasteiger partial charge in [-0.3, -0.25) is 0 Å². The van der Waals surface area contributed by atoms with Crippen molar-refractivity contribution in [3.63, 3.8) is 0 Å². The quantitative estimate of drug-likeness (QED) is 0.678. The summed E-state index contributed by atoms with van der Waals surface area (Å²) < 4.78 is 13.1. The number of phenolic OH excluding ortho intramolecular Hbond substituents is 1. The number of hydrogen-bond acceptors (Lipinski definition) is 1. The van der Waals surface area contributed by atoms with Crippen LogP contribution in [0.15, 0.2) is 30.4 Å². The Labute approximate surface area is 82.9 Å². The average Bonchev–Trinajstić information content (AvgIpc) is 2.52. The number of allylic oxidation sites excluding steroid dienone is 2. The molecule has 2 rings (SSSR count). The average molecular weight is 192 g/mol. The SMILES string of the molecule is CC1(c2cc(O)cc(F)c2)CC=CC1. The summed E-state index contributed by atoms with van der Waals surface area (Å²) in [6.07, 6.45) is 6.02. The fourth-order valence-electron chi connectivity index (χ4n) is 1.93. The Hall–Kier alpha value is -1.31. The number of hydrogen-bond donors (Lipinski definition) is 1. The van der Waals surface area contributed by atoms with E-state index in [0.29, 0.717) is 0 Å². The van der Waals surface area contributed by atoms with Gasteiger partial charge in [0.2, 0.25) is 0 Å². The second-order valence-electron chi connectivity index (χ2n) is 4.14. The van der Waals surface area contributed by atoms with Crippen LogP contribution in [0.25, 0.3) is 0 Å². The van der Waals surface area contributed by atoms with Gasteiger partial charge in [-0.2, -0.15) is 0 Å². The largest absolute Gasteiger partial charge is 0.508 e. The van der Waals surface area contributed by atoms with Crippen molar-refractivity contribution in [3.8, 4) is 5.75 Å². The maximum absolute atomic E-state index is 13.1. The summed E-state index contributed by atoms with van der Waals surface area (Å²) >= 11 is 0. The van der Waals surface area contributed by atoms with Crippen molar-refractivity contribution < 1.29 is 9.50 Å². The number of halogens is 1. The maximum Gasteiger partial charge on any atom is 0.127 e. The van der Waals surface area contributed by atoms with Crippen LogP contribution in [0.1, 0.15) is 25.3 Å². The molecule has 0 amide bonds. The summed E-state index contributed by atoms with van der Waals surface area (Å²) in [4.78, 5) is 0. The molecule has 1 aromatic carbocycles. The first kappa shape index (κ1) is 9.25. The van der Waals surface area contributed by atoms with Gasteiger partial charge in [0.15, 0.2) is 0 Å². The molecule has 0 aliphatic heterocycles. The van der Waals surface area contributed by atoms with E-state index in [2.05, 4.69) is 19.1 Å². The smallest absolute Gasteiger partial charge is 0.127 e. The minimum Gasteiger partial charge on any atom is -0.508 e. The standard InChI is InChI=1S/C12H13FO/c1-12(4-2-3-5-12)9-6-10(13)8-11(14)7-9/h2-3,6-8,14H,4-5H2,1H3. The molecular formula is C12H13FO. The highest BCUT2D eigenvalue weighted by atomic mass is 19.1. The van der Waals surface area contributed by atoms with Gasteiger partial charge in [0.25, 0.3) is 0 Å². The first-order valence-corrected chi connectivity index (χ1v) is 4.75. The summed E-state index contributed by atoms with van der Waals surface area (Å²) in [5.41, 5.74) is 0.833. The first-order valence-electron chi connectivity index (χ1n) is 4.75. The summed E-state index contributed by atoms with van der Waals surface area (Å²) in [7, 11) is 0. The van der Waals surface area contributed by atoms with Gasteiger partial charge in [0.05, 0.1) is 0 Å². The van der Waals surface area contributed by atoms with Crippen molar-refractivity contribution in [2.75, 3.05) is 0 Å². The van der Waals surface area contributed by atoms with Crippen molar-refractivity contribution in [2.24, 2.45) is 0 Å². The van der Waals surface area contributed by atoms with Gasteiger partial charge in [-0.05, 0) is 36.0 Å². The molecular weight excluding hydrogens is 179 g/mol. The lowest BCUT2D eigenvalue weighted by Gasteiger charge is -2.24. The summed E-state index contributed by atoms with van der Waals surface area (Å²) in [5.74, 6) is -0.360. The van der Waals surface area contributed by atoms with Crippen LogP contribution in [0.3, 0.4) is 0 Å². The third-order valence-electron chi connectivity index (χ3n) is 2.88. The lowest BCUT2D eigenvalue weighted by molar-refractivity contribution is 0.456. The highest BCUT2D eigenvalue weighted by molar-refractivity contribution is 5.35. The molecule has 0 aromatic heterocycles. The summed E-state index contributed by atoms with van der Waals surface area (Å²) in [6, 6.07) is 4.29. The lowest BCUT2D eigenvalue weighted by atomic mass is 9.80. The first-order chi connectivity index (χ1) is 6.60. The van der Waals surface area contributed by atoms with Gasteiger partial charge in [0, 0.05) is 6.07 Å². The van der Waals surface area contributed by atoms with Crippen LogP contribution in [-0.2, 0) is 5.41 Å². The van der Waals surface area contributed by atoms with Crippen LogP contribution < -0.4 is 0 Å². The summed E-state index contributed by atoms with van der Waals surface area (Å²) in [5, 5.41) is 9.31. The molecule has 1 aliphatic carbocycles. The molecule has 0 saturated carbocycles. The van der Waals surface area contributed by atoms with Crippen LogP contribution in [-0.4, -0.2) is 5.11 Å². The van der Waals surface area contributed by atoms with E-state index in [4.69, 9.17) is 0 Å². The molecule has 0 heterocycles. The second kappa shape index (κ2) is 3.12. The van der Waals surface area contributed by atoms with Gasteiger partial charge >= 0.3 is 0 Å². The molecule has 0 fully saturated rings. The van der Waals surface area contributed by atoms with Crippen LogP contribution in [0, 0.1) is 5.82 Å². The van der Waals surface area contributed by atoms with Crippen LogP contribution in [0.4, 0.5) is 4.39 Å². The molecule has 0 unspecified atom stereocenters. The molecule has 0 spiro atoms. The van der Waals surface area contributed by atoms with Crippen molar-refractivity contribution >= 4 is 0 Å². The third-order valence-corrected chi connectivity index (χ3v) is 2.88. The molecule has 0 atom stereocenters. The van der Waals surface area contributed by atoms with E-state index in [1.54, 1.807) is 6.07 Å².